The topological polar surface area (TPSA) is 78.9 Å². The van der Waals surface area contributed by atoms with Gasteiger partial charge in [0.15, 0.2) is 0 Å². The van der Waals surface area contributed by atoms with Crippen molar-refractivity contribution in [2.45, 2.75) is 32.6 Å². The van der Waals surface area contributed by atoms with Gasteiger partial charge in [0.25, 0.3) is 0 Å². The number of rotatable bonds is 3. The number of hydrogen-bond acceptors (Lipinski definition) is 6. The van der Waals surface area contributed by atoms with E-state index < -0.39 is 0 Å². The Kier molecular flexibility index (Phi) is 4.59. The van der Waals surface area contributed by atoms with Gasteiger partial charge in [-0.3, -0.25) is 14.4 Å². The first kappa shape index (κ1) is 20.0. The summed E-state index contributed by atoms with van der Waals surface area (Å²) in [4.78, 5) is 34.5. The van der Waals surface area contributed by atoms with Gasteiger partial charge in [0.1, 0.15) is 17.2 Å². The van der Waals surface area contributed by atoms with Crippen molar-refractivity contribution in [1.29, 1.82) is 0 Å². The average Bonchev–Trinajstić information content (AvgIpc) is 2.71. The Morgan fingerprint density at radius 1 is 0.500 bits per heavy atom. The lowest BCUT2D eigenvalue weighted by Crippen LogP contribution is -2.28. The summed E-state index contributed by atoms with van der Waals surface area (Å²) in [6.45, 7) is 4.12. The van der Waals surface area contributed by atoms with E-state index in [0.29, 0.717) is 17.2 Å². The maximum Gasteiger partial charge on any atom is 0.308 e. The van der Waals surface area contributed by atoms with Crippen LogP contribution in [0.15, 0.2) is 54.6 Å². The predicted octanol–water partition coefficient (Wildman–Crippen LogP) is 4.45. The zero-order chi connectivity index (χ0) is 22.6. The molecule has 0 amide bonds. The SMILES string of the molecule is CC(=O)Oc1ccc2c(c1)C1c3ccc(OC(C)=O)cc3C2c2cc(OC(C)=O)ccc21. The van der Waals surface area contributed by atoms with Crippen LogP contribution in [0.4, 0.5) is 0 Å². The molecule has 0 heterocycles. The smallest absolute Gasteiger partial charge is 0.308 e. The van der Waals surface area contributed by atoms with E-state index in [1.54, 1.807) is 18.2 Å². The third kappa shape index (κ3) is 3.24. The van der Waals surface area contributed by atoms with Crippen molar-refractivity contribution in [2.75, 3.05) is 0 Å². The molecule has 160 valence electrons. The van der Waals surface area contributed by atoms with Crippen LogP contribution in [0.25, 0.3) is 0 Å². The van der Waals surface area contributed by atoms with Gasteiger partial charge >= 0.3 is 17.9 Å². The standard InChI is InChI=1S/C26H20O6/c1-13(27)30-16-6-9-21-22(10-16)25-19-7-4-17(31-14(2)28)11-23(19)26(21)24-12-18(32-15(3)29)5-8-20(24)25/h4-12,25-26H,1-3H3. The number of esters is 3. The lowest BCUT2D eigenvalue weighted by atomic mass is 9.61. The fourth-order valence-corrected chi connectivity index (χ4v) is 4.89. The molecule has 3 aromatic rings. The molecular formula is C26H20O6. The van der Waals surface area contributed by atoms with E-state index in [1.165, 1.54) is 20.8 Å². The van der Waals surface area contributed by atoms with E-state index in [1.807, 2.05) is 36.4 Å². The molecule has 6 heteroatoms. The van der Waals surface area contributed by atoms with Gasteiger partial charge in [-0.25, -0.2) is 0 Å². The minimum Gasteiger partial charge on any atom is -0.427 e. The third-order valence-electron chi connectivity index (χ3n) is 5.83. The number of carbonyl (C=O) groups is 3. The Morgan fingerprint density at radius 3 is 1.06 bits per heavy atom. The van der Waals surface area contributed by atoms with Crippen LogP contribution in [0.3, 0.4) is 0 Å². The molecule has 3 aliphatic carbocycles. The van der Waals surface area contributed by atoms with Crippen LogP contribution in [-0.4, -0.2) is 17.9 Å². The van der Waals surface area contributed by atoms with Crippen LogP contribution in [-0.2, 0) is 14.4 Å². The van der Waals surface area contributed by atoms with Crippen LogP contribution in [0, 0.1) is 0 Å². The molecule has 32 heavy (non-hydrogen) atoms. The van der Waals surface area contributed by atoms with Crippen LogP contribution in [0.5, 0.6) is 17.2 Å². The molecular weight excluding hydrogens is 408 g/mol. The van der Waals surface area contributed by atoms with Crippen molar-refractivity contribution in [3.63, 3.8) is 0 Å². The summed E-state index contributed by atoms with van der Waals surface area (Å²) in [6.07, 6.45) is 0. The van der Waals surface area contributed by atoms with Gasteiger partial charge in [0.05, 0.1) is 0 Å². The highest BCUT2D eigenvalue weighted by Crippen LogP contribution is 2.57. The van der Waals surface area contributed by atoms with Crippen molar-refractivity contribution in [3.05, 3.63) is 88.0 Å². The Bertz CT molecular complexity index is 1240. The summed E-state index contributed by atoms with van der Waals surface area (Å²) in [7, 11) is 0. The highest BCUT2D eigenvalue weighted by atomic mass is 16.5. The number of benzene rings is 3. The first-order chi connectivity index (χ1) is 15.3. The van der Waals surface area contributed by atoms with E-state index in [2.05, 4.69) is 0 Å². The molecule has 6 rings (SSSR count). The molecule has 3 aliphatic rings. The van der Waals surface area contributed by atoms with Crippen molar-refractivity contribution in [2.24, 2.45) is 0 Å². The molecule has 0 unspecified atom stereocenters. The zero-order valence-electron chi connectivity index (χ0n) is 17.8. The first-order valence-electron chi connectivity index (χ1n) is 10.3. The molecule has 0 saturated heterocycles. The van der Waals surface area contributed by atoms with Gasteiger partial charge in [-0.2, -0.15) is 0 Å². The Morgan fingerprint density at radius 2 is 0.781 bits per heavy atom. The molecule has 0 spiro atoms. The molecule has 6 nitrogen and oxygen atoms in total. The van der Waals surface area contributed by atoms with Crippen LogP contribution < -0.4 is 14.2 Å². The fourth-order valence-electron chi connectivity index (χ4n) is 4.89. The van der Waals surface area contributed by atoms with Crippen LogP contribution in [0.1, 0.15) is 66.0 Å². The maximum atomic E-state index is 11.5. The van der Waals surface area contributed by atoms with Gasteiger partial charge in [0, 0.05) is 32.6 Å². The number of hydrogen-bond donors (Lipinski definition) is 0. The number of ether oxygens (including phenoxy) is 3. The second-order valence-electron chi connectivity index (χ2n) is 8.02. The summed E-state index contributed by atoms with van der Waals surface area (Å²) in [6, 6.07) is 17.0. The van der Waals surface area contributed by atoms with Crippen molar-refractivity contribution in [1.82, 2.24) is 0 Å². The molecule has 0 aliphatic heterocycles. The van der Waals surface area contributed by atoms with E-state index >= 15 is 0 Å². The second kappa shape index (κ2) is 7.34. The van der Waals surface area contributed by atoms with Gasteiger partial charge in [-0.15, -0.1) is 0 Å². The van der Waals surface area contributed by atoms with Crippen LogP contribution >= 0.6 is 0 Å². The highest BCUT2D eigenvalue weighted by Gasteiger charge is 2.42. The quantitative estimate of drug-likeness (QED) is 0.312. The predicted molar refractivity (Wildman–Crippen MR) is 115 cm³/mol. The largest absolute Gasteiger partial charge is 0.427 e. The average molecular weight is 428 g/mol. The summed E-state index contributed by atoms with van der Waals surface area (Å²) >= 11 is 0. The molecule has 3 aromatic carbocycles. The summed E-state index contributed by atoms with van der Waals surface area (Å²) < 4.78 is 16.0. The van der Waals surface area contributed by atoms with E-state index in [0.717, 1.165) is 33.4 Å². The van der Waals surface area contributed by atoms with Crippen molar-refractivity contribution in [3.8, 4) is 17.2 Å². The van der Waals surface area contributed by atoms with E-state index in [-0.39, 0.29) is 29.7 Å². The van der Waals surface area contributed by atoms with Crippen molar-refractivity contribution >= 4 is 17.9 Å². The number of carbonyl (C=O) groups excluding carboxylic acids is 3. The molecule has 0 atom stereocenters. The second-order valence-corrected chi connectivity index (χ2v) is 8.02. The minimum atomic E-state index is -0.380. The maximum absolute atomic E-state index is 11.5. The molecule has 0 saturated carbocycles. The van der Waals surface area contributed by atoms with Crippen LogP contribution in [0.2, 0.25) is 0 Å². The van der Waals surface area contributed by atoms with Crippen molar-refractivity contribution < 1.29 is 28.6 Å². The van der Waals surface area contributed by atoms with Gasteiger partial charge in [-0.05, 0) is 69.8 Å². The molecule has 0 radical (unpaired) electrons. The van der Waals surface area contributed by atoms with E-state index in [9.17, 15) is 14.4 Å². The fraction of sp³-hybridized carbons (Fsp3) is 0.192. The zero-order valence-corrected chi connectivity index (χ0v) is 17.8. The molecule has 2 bridgehead atoms. The van der Waals surface area contributed by atoms with Gasteiger partial charge < -0.3 is 14.2 Å². The Labute approximate surface area is 184 Å². The summed E-state index contributed by atoms with van der Waals surface area (Å²) in [5.41, 5.74) is 6.42. The normalized spacial score (nSPS) is 17.0. The highest BCUT2D eigenvalue weighted by molar-refractivity contribution is 5.74. The Hall–Kier alpha value is -3.93. The van der Waals surface area contributed by atoms with Gasteiger partial charge in [0.2, 0.25) is 0 Å². The monoisotopic (exact) mass is 428 g/mol. The first-order valence-corrected chi connectivity index (χ1v) is 10.3. The van der Waals surface area contributed by atoms with Gasteiger partial charge in [-0.1, -0.05) is 18.2 Å². The lowest BCUT2D eigenvalue weighted by Gasteiger charge is -2.42. The lowest BCUT2D eigenvalue weighted by molar-refractivity contribution is -0.132. The summed E-state index contributed by atoms with van der Waals surface area (Å²) in [5, 5.41) is 0. The third-order valence-corrected chi connectivity index (χ3v) is 5.83. The molecule has 0 aromatic heterocycles. The molecule has 0 N–H and O–H groups in total. The molecule has 0 fully saturated rings. The van der Waals surface area contributed by atoms with E-state index in [4.69, 9.17) is 14.2 Å². The summed E-state index contributed by atoms with van der Waals surface area (Å²) in [5.74, 6) is 0.110. The minimum absolute atomic E-state index is 0.0896. The Balaban J connectivity index is 1.70.